The number of rotatable bonds is 4. The Kier molecular flexibility index (Phi) is 3.07. The van der Waals surface area contributed by atoms with Crippen LogP contribution in [0.5, 0.6) is 5.75 Å². The lowest BCUT2D eigenvalue weighted by Gasteiger charge is -2.05. The Hall–Kier alpha value is -1.39. The van der Waals surface area contributed by atoms with Crippen LogP contribution in [-0.2, 0) is 19.5 Å². The fraction of sp³-hybridized carbons (Fsp3) is 0.308. The normalized spacial score (nSPS) is 13.4. The molecule has 0 saturated heterocycles. The number of nitrogens with one attached hydrogen (secondary N) is 1. The van der Waals surface area contributed by atoms with E-state index >= 15 is 0 Å². The predicted molar refractivity (Wildman–Crippen MR) is 68.3 cm³/mol. The van der Waals surface area contributed by atoms with Crippen molar-refractivity contribution >= 4 is 11.3 Å². The van der Waals surface area contributed by atoms with Gasteiger partial charge in [0.25, 0.3) is 0 Å². The van der Waals surface area contributed by atoms with Gasteiger partial charge in [0.2, 0.25) is 0 Å². The van der Waals surface area contributed by atoms with Gasteiger partial charge in [0.15, 0.2) is 0 Å². The van der Waals surface area contributed by atoms with Crippen LogP contribution in [0, 0.1) is 0 Å². The van der Waals surface area contributed by atoms with Crippen LogP contribution in [0.1, 0.15) is 16.1 Å². The maximum Gasteiger partial charge on any atom is 0.122 e. The molecule has 0 fully saturated rings. The second-order valence-corrected chi connectivity index (χ2v) is 5.05. The van der Waals surface area contributed by atoms with Crippen molar-refractivity contribution in [3.8, 4) is 5.75 Å². The van der Waals surface area contributed by atoms with E-state index in [-0.39, 0.29) is 0 Å². The third-order valence-corrected chi connectivity index (χ3v) is 3.62. The van der Waals surface area contributed by atoms with E-state index in [1.807, 2.05) is 11.6 Å². The molecule has 2 heterocycles. The second kappa shape index (κ2) is 4.85. The highest BCUT2D eigenvalue weighted by molar-refractivity contribution is 7.09. The SMILES string of the molecule is c1csc(CNCc2ccc3c(c2)CCO3)n1. The zero-order valence-corrected chi connectivity index (χ0v) is 10.3. The van der Waals surface area contributed by atoms with E-state index in [4.69, 9.17) is 4.74 Å². The molecule has 0 spiro atoms. The van der Waals surface area contributed by atoms with E-state index in [9.17, 15) is 0 Å². The van der Waals surface area contributed by atoms with E-state index < -0.39 is 0 Å². The van der Waals surface area contributed by atoms with Gasteiger partial charge >= 0.3 is 0 Å². The lowest BCUT2D eigenvalue weighted by atomic mass is 10.1. The van der Waals surface area contributed by atoms with E-state index in [0.29, 0.717) is 0 Å². The summed E-state index contributed by atoms with van der Waals surface area (Å²) in [5, 5.41) is 6.54. The second-order valence-electron chi connectivity index (χ2n) is 4.07. The summed E-state index contributed by atoms with van der Waals surface area (Å²) < 4.78 is 5.49. The zero-order valence-electron chi connectivity index (χ0n) is 9.48. The van der Waals surface area contributed by atoms with Crippen molar-refractivity contribution in [3.63, 3.8) is 0 Å². The molecule has 1 aliphatic rings. The minimum Gasteiger partial charge on any atom is -0.493 e. The van der Waals surface area contributed by atoms with Gasteiger partial charge in [0, 0.05) is 31.1 Å². The molecule has 3 nitrogen and oxygen atoms in total. The summed E-state index contributed by atoms with van der Waals surface area (Å²) in [7, 11) is 0. The first kappa shape index (κ1) is 10.7. The standard InChI is InChI=1S/C13H14N2OS/c1-2-12-11(3-5-16-12)7-10(1)8-14-9-13-15-4-6-17-13/h1-2,4,6-7,14H,3,5,8-9H2. The molecule has 0 aliphatic carbocycles. The van der Waals surface area contributed by atoms with Gasteiger partial charge in [-0.2, -0.15) is 0 Å². The minimum atomic E-state index is 0.825. The summed E-state index contributed by atoms with van der Waals surface area (Å²) in [5.41, 5.74) is 2.64. The van der Waals surface area contributed by atoms with Crippen molar-refractivity contribution in [2.45, 2.75) is 19.5 Å². The van der Waals surface area contributed by atoms with Gasteiger partial charge in [-0.25, -0.2) is 4.98 Å². The monoisotopic (exact) mass is 246 g/mol. The molecular formula is C13H14N2OS. The van der Waals surface area contributed by atoms with Crippen molar-refractivity contribution in [1.29, 1.82) is 0 Å². The van der Waals surface area contributed by atoms with Gasteiger partial charge in [-0.1, -0.05) is 12.1 Å². The summed E-state index contributed by atoms with van der Waals surface area (Å²) in [6, 6.07) is 6.43. The molecule has 0 radical (unpaired) electrons. The Morgan fingerprint density at radius 2 is 2.35 bits per heavy atom. The number of aromatic nitrogens is 1. The van der Waals surface area contributed by atoms with Gasteiger partial charge < -0.3 is 10.1 Å². The summed E-state index contributed by atoms with van der Waals surface area (Å²) >= 11 is 1.68. The fourth-order valence-electron chi connectivity index (χ4n) is 2.00. The van der Waals surface area contributed by atoms with Gasteiger partial charge in [0.1, 0.15) is 10.8 Å². The van der Waals surface area contributed by atoms with Crippen LogP contribution >= 0.6 is 11.3 Å². The molecule has 0 amide bonds. The number of hydrogen-bond acceptors (Lipinski definition) is 4. The quantitative estimate of drug-likeness (QED) is 0.899. The van der Waals surface area contributed by atoms with Gasteiger partial charge in [-0.3, -0.25) is 0 Å². The van der Waals surface area contributed by atoms with Crippen LogP contribution in [-0.4, -0.2) is 11.6 Å². The third-order valence-electron chi connectivity index (χ3n) is 2.84. The molecule has 3 rings (SSSR count). The first-order chi connectivity index (χ1) is 8.42. The largest absolute Gasteiger partial charge is 0.493 e. The predicted octanol–water partition coefficient (Wildman–Crippen LogP) is 2.37. The third kappa shape index (κ3) is 2.48. The molecule has 1 aromatic carbocycles. The Morgan fingerprint density at radius 3 is 3.24 bits per heavy atom. The average Bonchev–Trinajstić information content (AvgIpc) is 2.98. The minimum absolute atomic E-state index is 0.825. The number of benzene rings is 1. The summed E-state index contributed by atoms with van der Waals surface area (Å²) in [5.74, 6) is 1.05. The van der Waals surface area contributed by atoms with Crippen LogP contribution < -0.4 is 10.1 Å². The van der Waals surface area contributed by atoms with Gasteiger partial charge in [-0.05, 0) is 17.2 Å². The number of hydrogen-bond donors (Lipinski definition) is 1. The molecule has 1 aromatic heterocycles. The molecule has 1 aliphatic heterocycles. The molecule has 0 saturated carbocycles. The van der Waals surface area contributed by atoms with Gasteiger partial charge in [-0.15, -0.1) is 11.3 Å². The molecule has 0 bridgehead atoms. The maximum absolute atomic E-state index is 5.49. The average molecular weight is 246 g/mol. The highest BCUT2D eigenvalue weighted by atomic mass is 32.1. The molecule has 0 atom stereocenters. The van der Waals surface area contributed by atoms with Gasteiger partial charge in [0.05, 0.1) is 6.61 Å². The highest BCUT2D eigenvalue weighted by Gasteiger charge is 2.11. The first-order valence-corrected chi connectivity index (χ1v) is 6.63. The van der Waals surface area contributed by atoms with Crippen LogP contribution in [0.2, 0.25) is 0 Å². The molecular weight excluding hydrogens is 232 g/mol. The maximum atomic E-state index is 5.49. The first-order valence-electron chi connectivity index (χ1n) is 5.75. The van der Waals surface area contributed by atoms with Crippen LogP contribution in [0.25, 0.3) is 0 Å². The van der Waals surface area contributed by atoms with Crippen molar-refractivity contribution in [3.05, 3.63) is 45.9 Å². The van der Waals surface area contributed by atoms with Crippen LogP contribution in [0.15, 0.2) is 29.8 Å². The molecule has 4 heteroatoms. The van der Waals surface area contributed by atoms with Crippen molar-refractivity contribution < 1.29 is 4.74 Å². The number of ether oxygens (including phenoxy) is 1. The van der Waals surface area contributed by atoms with E-state index in [2.05, 4.69) is 28.5 Å². The Morgan fingerprint density at radius 1 is 1.35 bits per heavy atom. The smallest absolute Gasteiger partial charge is 0.122 e. The zero-order chi connectivity index (χ0) is 11.5. The Bertz CT molecular complexity index is 496. The molecule has 17 heavy (non-hydrogen) atoms. The van der Waals surface area contributed by atoms with Crippen molar-refractivity contribution in [2.75, 3.05) is 6.61 Å². The summed E-state index contributed by atoms with van der Waals surface area (Å²) in [4.78, 5) is 4.24. The number of nitrogens with zero attached hydrogens (tertiary/aromatic N) is 1. The Balaban J connectivity index is 1.58. The topological polar surface area (TPSA) is 34.1 Å². The number of fused-ring (bicyclic) bond motifs is 1. The van der Waals surface area contributed by atoms with E-state index in [0.717, 1.165) is 36.9 Å². The highest BCUT2D eigenvalue weighted by Crippen LogP contribution is 2.25. The molecule has 1 N–H and O–H groups in total. The molecule has 88 valence electrons. The number of thiazole rings is 1. The van der Waals surface area contributed by atoms with E-state index in [1.165, 1.54) is 11.1 Å². The van der Waals surface area contributed by atoms with E-state index in [1.54, 1.807) is 11.3 Å². The fourth-order valence-corrected chi connectivity index (χ4v) is 2.59. The lowest BCUT2D eigenvalue weighted by Crippen LogP contribution is -2.12. The van der Waals surface area contributed by atoms with Crippen molar-refractivity contribution in [2.24, 2.45) is 0 Å². The summed E-state index contributed by atoms with van der Waals surface area (Å²) in [6.45, 7) is 2.55. The van der Waals surface area contributed by atoms with Crippen LogP contribution in [0.4, 0.5) is 0 Å². The molecule has 2 aromatic rings. The van der Waals surface area contributed by atoms with Crippen LogP contribution in [0.3, 0.4) is 0 Å². The van der Waals surface area contributed by atoms with Crippen molar-refractivity contribution in [1.82, 2.24) is 10.3 Å². The molecule has 0 unspecified atom stereocenters. The summed E-state index contributed by atoms with van der Waals surface area (Å²) in [6.07, 6.45) is 2.88. The Labute approximate surface area is 104 Å². The lowest BCUT2D eigenvalue weighted by molar-refractivity contribution is 0.357.